The Labute approximate surface area is 153 Å². The van der Waals surface area contributed by atoms with E-state index in [1.165, 1.54) is 12.1 Å². The number of hydrogen-bond acceptors (Lipinski definition) is 3. The predicted octanol–water partition coefficient (Wildman–Crippen LogP) is 4.22. The Bertz CT molecular complexity index is 803. The average Bonchev–Trinajstić information content (AvgIpc) is 2.52. The van der Waals surface area contributed by atoms with E-state index in [9.17, 15) is 9.59 Å². The maximum absolute atomic E-state index is 12.5. The molecule has 0 bridgehead atoms. The lowest BCUT2D eigenvalue weighted by molar-refractivity contribution is -0.126. The van der Waals surface area contributed by atoms with Gasteiger partial charge in [-0.2, -0.15) is 0 Å². The molecule has 1 atom stereocenters. The van der Waals surface area contributed by atoms with Gasteiger partial charge in [-0.1, -0.05) is 53.0 Å². The van der Waals surface area contributed by atoms with Gasteiger partial charge in [0.15, 0.2) is 0 Å². The van der Waals surface area contributed by atoms with E-state index >= 15 is 0 Å². The summed E-state index contributed by atoms with van der Waals surface area (Å²) in [4.78, 5) is 24.3. The SMILES string of the molecule is O=C1CC(C(=O)NNc2c(Cl)cc(Cl)cc2Cl)c2ccccc2N1. The van der Waals surface area contributed by atoms with Gasteiger partial charge in [-0.15, -0.1) is 0 Å². The molecule has 5 nitrogen and oxygen atoms in total. The lowest BCUT2D eigenvalue weighted by Gasteiger charge is -2.25. The number of hydrogen-bond donors (Lipinski definition) is 3. The molecule has 0 saturated heterocycles. The molecule has 0 spiro atoms. The molecule has 124 valence electrons. The first-order valence-corrected chi connectivity index (χ1v) is 8.18. The lowest BCUT2D eigenvalue weighted by atomic mass is 9.90. The molecule has 0 aliphatic carbocycles. The van der Waals surface area contributed by atoms with Crippen LogP contribution in [0, 0.1) is 0 Å². The third kappa shape index (κ3) is 3.43. The lowest BCUT2D eigenvalue weighted by Crippen LogP contribution is -2.38. The molecule has 3 N–H and O–H groups in total. The molecule has 1 heterocycles. The van der Waals surface area contributed by atoms with E-state index in [0.717, 1.165) is 5.56 Å². The normalized spacial score (nSPS) is 16.1. The number of amides is 2. The first-order chi connectivity index (χ1) is 11.5. The number of fused-ring (bicyclic) bond motifs is 1. The van der Waals surface area contributed by atoms with Crippen molar-refractivity contribution in [2.24, 2.45) is 0 Å². The molecule has 24 heavy (non-hydrogen) atoms. The minimum atomic E-state index is -0.604. The number of carbonyl (C=O) groups is 2. The zero-order chi connectivity index (χ0) is 17.3. The zero-order valence-corrected chi connectivity index (χ0v) is 14.5. The average molecular weight is 385 g/mol. The van der Waals surface area contributed by atoms with E-state index in [1.54, 1.807) is 18.2 Å². The highest BCUT2D eigenvalue weighted by atomic mass is 35.5. The third-order valence-electron chi connectivity index (χ3n) is 3.63. The van der Waals surface area contributed by atoms with E-state index < -0.39 is 5.92 Å². The Kier molecular flexibility index (Phi) is 4.85. The van der Waals surface area contributed by atoms with Gasteiger partial charge in [0.05, 0.1) is 21.7 Å². The zero-order valence-electron chi connectivity index (χ0n) is 12.2. The number of benzene rings is 2. The molecular formula is C16H12Cl3N3O2. The van der Waals surface area contributed by atoms with Gasteiger partial charge >= 0.3 is 0 Å². The number of halogens is 3. The van der Waals surface area contributed by atoms with Crippen LogP contribution in [0.1, 0.15) is 17.9 Å². The Morgan fingerprint density at radius 3 is 2.50 bits per heavy atom. The van der Waals surface area contributed by atoms with Gasteiger partial charge in [-0.05, 0) is 23.8 Å². The molecule has 0 fully saturated rings. The van der Waals surface area contributed by atoms with E-state index in [2.05, 4.69) is 16.2 Å². The van der Waals surface area contributed by atoms with Crippen LogP contribution in [0.25, 0.3) is 0 Å². The molecule has 0 aromatic heterocycles. The molecule has 0 saturated carbocycles. The van der Waals surface area contributed by atoms with Gasteiger partial charge in [-0.25, -0.2) is 0 Å². The molecule has 2 amide bonds. The standard InChI is InChI=1S/C16H12Cl3N3O2/c17-8-5-11(18)15(12(19)6-8)21-22-16(24)10-7-14(23)20-13-4-2-1-3-9(10)13/h1-6,10,21H,7H2,(H,20,23)(H,22,24). The van der Waals surface area contributed by atoms with Crippen molar-refractivity contribution in [3.05, 3.63) is 57.0 Å². The number of nitrogens with one attached hydrogen (secondary N) is 3. The van der Waals surface area contributed by atoms with E-state index in [4.69, 9.17) is 34.8 Å². The van der Waals surface area contributed by atoms with Gasteiger partial charge < -0.3 is 5.32 Å². The molecule has 2 aromatic rings. The second kappa shape index (κ2) is 6.89. The van der Waals surface area contributed by atoms with Crippen LogP contribution >= 0.6 is 34.8 Å². The van der Waals surface area contributed by atoms with Crippen molar-refractivity contribution in [3.8, 4) is 0 Å². The first-order valence-electron chi connectivity index (χ1n) is 7.05. The van der Waals surface area contributed by atoms with Crippen molar-refractivity contribution in [2.45, 2.75) is 12.3 Å². The maximum Gasteiger partial charge on any atom is 0.246 e. The van der Waals surface area contributed by atoms with Crippen LogP contribution in [0.2, 0.25) is 15.1 Å². The highest BCUT2D eigenvalue weighted by molar-refractivity contribution is 6.41. The molecule has 2 aromatic carbocycles. The molecule has 0 radical (unpaired) electrons. The topological polar surface area (TPSA) is 70.2 Å². The van der Waals surface area contributed by atoms with E-state index in [1.807, 2.05) is 6.07 Å². The highest BCUT2D eigenvalue weighted by Gasteiger charge is 2.30. The van der Waals surface area contributed by atoms with Crippen LogP contribution in [0.3, 0.4) is 0 Å². The highest BCUT2D eigenvalue weighted by Crippen LogP contribution is 2.34. The van der Waals surface area contributed by atoms with Gasteiger partial charge in [0.1, 0.15) is 0 Å². The Morgan fingerprint density at radius 1 is 1.12 bits per heavy atom. The van der Waals surface area contributed by atoms with Crippen LogP contribution in [0.4, 0.5) is 11.4 Å². The number of carbonyl (C=O) groups excluding carboxylic acids is 2. The third-order valence-corrected chi connectivity index (χ3v) is 4.45. The van der Waals surface area contributed by atoms with E-state index in [0.29, 0.717) is 16.4 Å². The summed E-state index contributed by atoms with van der Waals surface area (Å²) in [6.07, 6.45) is 0.0621. The molecule has 8 heteroatoms. The van der Waals surface area contributed by atoms with Crippen molar-refractivity contribution >= 4 is 58.0 Å². The second-order valence-corrected chi connectivity index (χ2v) is 6.50. The predicted molar refractivity (Wildman–Crippen MR) is 95.7 cm³/mol. The minimum absolute atomic E-state index is 0.0621. The van der Waals surface area contributed by atoms with Crippen LogP contribution in [-0.4, -0.2) is 11.8 Å². The number of anilines is 2. The summed E-state index contributed by atoms with van der Waals surface area (Å²) in [6, 6.07) is 10.2. The van der Waals surface area contributed by atoms with Crippen LogP contribution < -0.4 is 16.2 Å². The second-order valence-electron chi connectivity index (χ2n) is 5.25. The van der Waals surface area contributed by atoms with Gasteiger partial charge in [-0.3, -0.25) is 20.4 Å². The Balaban J connectivity index is 1.78. The van der Waals surface area contributed by atoms with Crippen molar-refractivity contribution < 1.29 is 9.59 Å². The van der Waals surface area contributed by atoms with Crippen molar-refractivity contribution in [1.29, 1.82) is 0 Å². The van der Waals surface area contributed by atoms with Gasteiger partial charge in [0.25, 0.3) is 0 Å². The summed E-state index contributed by atoms with van der Waals surface area (Å²) in [5.74, 6) is -1.18. The summed E-state index contributed by atoms with van der Waals surface area (Å²) < 4.78 is 0. The van der Waals surface area contributed by atoms with Crippen LogP contribution in [-0.2, 0) is 9.59 Å². The number of para-hydroxylation sites is 1. The van der Waals surface area contributed by atoms with Crippen LogP contribution in [0.15, 0.2) is 36.4 Å². The summed E-state index contributed by atoms with van der Waals surface area (Å²) >= 11 is 18.0. The molecule has 1 aliphatic heterocycles. The van der Waals surface area contributed by atoms with Crippen molar-refractivity contribution in [1.82, 2.24) is 5.43 Å². The fourth-order valence-electron chi connectivity index (χ4n) is 2.52. The largest absolute Gasteiger partial charge is 0.326 e. The van der Waals surface area contributed by atoms with E-state index in [-0.39, 0.29) is 28.3 Å². The summed E-state index contributed by atoms with van der Waals surface area (Å²) in [5, 5.41) is 3.68. The maximum atomic E-state index is 12.5. The first kappa shape index (κ1) is 16.9. The van der Waals surface area contributed by atoms with Crippen LogP contribution in [0.5, 0.6) is 0 Å². The molecular weight excluding hydrogens is 373 g/mol. The Morgan fingerprint density at radius 2 is 1.79 bits per heavy atom. The Hall–Kier alpha value is -1.95. The fraction of sp³-hybridized carbons (Fsp3) is 0.125. The fourth-order valence-corrected chi connectivity index (χ4v) is 3.43. The van der Waals surface area contributed by atoms with Crippen molar-refractivity contribution in [3.63, 3.8) is 0 Å². The van der Waals surface area contributed by atoms with Gasteiger partial charge in [0, 0.05) is 17.1 Å². The summed E-state index contributed by atoms with van der Waals surface area (Å²) in [7, 11) is 0. The quantitative estimate of drug-likeness (QED) is 0.694. The summed E-state index contributed by atoms with van der Waals surface area (Å²) in [5.41, 5.74) is 6.98. The monoisotopic (exact) mass is 383 g/mol. The smallest absolute Gasteiger partial charge is 0.246 e. The number of hydrazine groups is 1. The minimum Gasteiger partial charge on any atom is -0.326 e. The molecule has 1 aliphatic rings. The molecule has 3 rings (SSSR count). The number of rotatable bonds is 3. The van der Waals surface area contributed by atoms with Crippen molar-refractivity contribution in [2.75, 3.05) is 10.7 Å². The summed E-state index contributed by atoms with van der Waals surface area (Å²) in [6.45, 7) is 0. The van der Waals surface area contributed by atoms with Gasteiger partial charge in [0.2, 0.25) is 11.8 Å². The molecule has 1 unspecified atom stereocenters.